The van der Waals surface area contributed by atoms with Crippen LogP contribution in [0, 0.1) is 23.7 Å². The molecule has 16 heteroatoms. The molecular weight excluding hydrogens is 580 g/mol. The number of amides is 2. The van der Waals surface area contributed by atoms with Crippen molar-refractivity contribution < 1.29 is 49.1 Å². The third-order valence-corrected chi connectivity index (χ3v) is 7.31. The number of carboxylic acid groups (broad SMARTS) is 3. The quantitative estimate of drug-likeness (QED) is 0.0972. The molecule has 0 aromatic carbocycles. The van der Waals surface area contributed by atoms with E-state index in [1.165, 1.54) is 4.68 Å². The minimum Gasteiger partial charge on any atom is -0.481 e. The summed E-state index contributed by atoms with van der Waals surface area (Å²) in [5, 5.41) is 51.6. The van der Waals surface area contributed by atoms with Crippen molar-refractivity contribution in [2.75, 3.05) is 26.2 Å². The van der Waals surface area contributed by atoms with Gasteiger partial charge in [-0.1, -0.05) is 32.9 Å². The number of ether oxygens (including phenoxy) is 1. The number of nitrogens with one attached hydrogen (secondary N) is 2. The Balaban J connectivity index is 2.10. The SMILES string of the molecule is CC(C)CNC(=O)C(CCn1cc(CO[C@@H](CN2CC[C@H]2C(=O)O)[C@H](CC[C@H](O)C(=O)O)C(=O)O)nn1)C(=O)NCC(C)C. The van der Waals surface area contributed by atoms with Crippen LogP contribution in [-0.4, -0.2) is 114 Å². The van der Waals surface area contributed by atoms with Crippen LogP contribution in [0.5, 0.6) is 0 Å². The minimum atomic E-state index is -1.75. The molecule has 16 nitrogen and oxygen atoms in total. The van der Waals surface area contributed by atoms with Gasteiger partial charge in [-0.05, 0) is 37.5 Å². The Kier molecular flexibility index (Phi) is 14.6. The Bertz CT molecular complexity index is 1100. The van der Waals surface area contributed by atoms with Crippen molar-refractivity contribution in [2.24, 2.45) is 23.7 Å². The summed E-state index contributed by atoms with van der Waals surface area (Å²) in [7, 11) is 0. The van der Waals surface area contributed by atoms with Crippen molar-refractivity contribution in [3.8, 4) is 0 Å². The molecule has 1 saturated heterocycles. The van der Waals surface area contributed by atoms with E-state index in [4.69, 9.17) is 9.84 Å². The van der Waals surface area contributed by atoms with Crippen molar-refractivity contribution in [2.45, 2.75) is 84.8 Å². The summed E-state index contributed by atoms with van der Waals surface area (Å²) in [6.45, 7) is 9.03. The summed E-state index contributed by atoms with van der Waals surface area (Å²) in [5.74, 6) is -6.33. The first-order chi connectivity index (χ1) is 20.7. The van der Waals surface area contributed by atoms with E-state index in [1.807, 2.05) is 27.7 Å². The summed E-state index contributed by atoms with van der Waals surface area (Å²) < 4.78 is 7.36. The molecule has 1 aliphatic rings. The second kappa shape index (κ2) is 17.6. The molecule has 2 heterocycles. The van der Waals surface area contributed by atoms with E-state index in [0.29, 0.717) is 31.7 Å². The van der Waals surface area contributed by atoms with Gasteiger partial charge in [0.05, 0.1) is 24.8 Å². The Labute approximate surface area is 256 Å². The Morgan fingerprint density at radius 1 is 0.955 bits per heavy atom. The van der Waals surface area contributed by atoms with Crippen molar-refractivity contribution in [1.29, 1.82) is 0 Å². The lowest BCUT2D eigenvalue weighted by molar-refractivity contribution is -0.156. The molecule has 44 heavy (non-hydrogen) atoms. The number of carbonyl (C=O) groups is 5. The van der Waals surface area contributed by atoms with E-state index in [9.17, 15) is 39.3 Å². The molecule has 2 amide bonds. The number of aryl methyl sites for hydroxylation is 1. The van der Waals surface area contributed by atoms with Crippen LogP contribution in [0.4, 0.5) is 0 Å². The highest BCUT2D eigenvalue weighted by Gasteiger charge is 2.39. The number of hydrogen-bond acceptors (Lipinski definition) is 10. The second-order valence-electron chi connectivity index (χ2n) is 12.0. The molecule has 6 N–H and O–H groups in total. The first-order valence-corrected chi connectivity index (χ1v) is 14.9. The van der Waals surface area contributed by atoms with Gasteiger partial charge in [0.1, 0.15) is 17.7 Å². The van der Waals surface area contributed by atoms with Gasteiger partial charge in [-0.3, -0.25) is 28.8 Å². The second-order valence-corrected chi connectivity index (χ2v) is 12.0. The molecule has 0 aliphatic carbocycles. The van der Waals surface area contributed by atoms with Gasteiger partial charge in [-0.2, -0.15) is 0 Å². The maximum absolute atomic E-state index is 12.8. The lowest BCUT2D eigenvalue weighted by atomic mass is 9.92. The number of carboxylic acids is 3. The topological polar surface area (TPSA) is 234 Å². The number of aromatic nitrogens is 3. The predicted octanol–water partition coefficient (Wildman–Crippen LogP) is -0.201. The molecule has 0 spiro atoms. The molecule has 1 aromatic heterocycles. The summed E-state index contributed by atoms with van der Waals surface area (Å²) >= 11 is 0. The molecule has 4 atom stereocenters. The summed E-state index contributed by atoms with van der Waals surface area (Å²) in [6, 6.07) is -0.788. The first kappa shape index (κ1) is 36.6. The fourth-order valence-corrected chi connectivity index (χ4v) is 4.60. The molecule has 1 aliphatic heterocycles. The fraction of sp³-hybridized carbons (Fsp3) is 0.750. The monoisotopic (exact) mass is 626 g/mol. The van der Waals surface area contributed by atoms with Gasteiger partial charge in [-0.15, -0.1) is 5.10 Å². The third kappa shape index (κ3) is 11.8. The third-order valence-electron chi connectivity index (χ3n) is 7.31. The number of rotatable bonds is 21. The van der Waals surface area contributed by atoms with Gasteiger partial charge in [0.2, 0.25) is 11.8 Å². The number of aliphatic hydroxyl groups is 1. The summed E-state index contributed by atoms with van der Waals surface area (Å²) in [5.41, 5.74) is 0.327. The number of nitrogens with zero attached hydrogens (tertiary/aromatic N) is 4. The zero-order valence-corrected chi connectivity index (χ0v) is 25.7. The predicted molar refractivity (Wildman–Crippen MR) is 154 cm³/mol. The fourth-order valence-electron chi connectivity index (χ4n) is 4.60. The molecular formula is C28H46N6O10. The normalized spacial score (nSPS) is 17.2. The Hall–Kier alpha value is -3.63. The average Bonchev–Trinajstić information content (AvgIpc) is 3.38. The largest absolute Gasteiger partial charge is 0.481 e. The molecule has 2 rings (SSSR count). The summed E-state index contributed by atoms with van der Waals surface area (Å²) in [6.07, 6.45) is -1.25. The summed E-state index contributed by atoms with van der Waals surface area (Å²) in [4.78, 5) is 61.8. The Morgan fingerprint density at radius 2 is 1.57 bits per heavy atom. The zero-order chi connectivity index (χ0) is 33.0. The molecule has 0 saturated carbocycles. The van der Waals surface area contributed by atoms with Crippen molar-refractivity contribution in [3.63, 3.8) is 0 Å². The highest BCUT2D eigenvalue weighted by molar-refractivity contribution is 6.00. The van der Waals surface area contributed by atoms with E-state index in [-0.39, 0.29) is 62.6 Å². The number of aliphatic carboxylic acids is 3. The lowest BCUT2D eigenvalue weighted by Crippen LogP contribution is -2.56. The van der Waals surface area contributed by atoms with Crippen LogP contribution in [-0.2, 0) is 41.9 Å². The van der Waals surface area contributed by atoms with Gasteiger partial charge in [-0.25, -0.2) is 4.79 Å². The van der Waals surface area contributed by atoms with Crippen LogP contribution in [0.3, 0.4) is 0 Å². The van der Waals surface area contributed by atoms with Crippen LogP contribution in [0.25, 0.3) is 0 Å². The Morgan fingerprint density at radius 3 is 2.05 bits per heavy atom. The molecule has 248 valence electrons. The van der Waals surface area contributed by atoms with Gasteiger partial charge in [0.25, 0.3) is 0 Å². The molecule has 0 bridgehead atoms. The van der Waals surface area contributed by atoms with E-state index in [0.717, 1.165) is 0 Å². The lowest BCUT2D eigenvalue weighted by Gasteiger charge is -2.41. The minimum absolute atomic E-state index is 0.0378. The number of carbonyl (C=O) groups excluding carboxylic acids is 2. The van der Waals surface area contributed by atoms with Crippen LogP contribution in [0.15, 0.2) is 6.20 Å². The van der Waals surface area contributed by atoms with Gasteiger partial charge < -0.3 is 35.8 Å². The van der Waals surface area contributed by atoms with Crippen molar-refractivity contribution >= 4 is 29.7 Å². The first-order valence-electron chi connectivity index (χ1n) is 14.9. The van der Waals surface area contributed by atoms with E-state index < -0.39 is 48.0 Å². The van der Waals surface area contributed by atoms with E-state index >= 15 is 0 Å². The zero-order valence-electron chi connectivity index (χ0n) is 25.7. The van der Waals surface area contributed by atoms with Crippen LogP contribution in [0.1, 0.15) is 59.1 Å². The molecule has 0 unspecified atom stereocenters. The average molecular weight is 627 g/mol. The highest BCUT2D eigenvalue weighted by atomic mass is 16.5. The van der Waals surface area contributed by atoms with Crippen LogP contribution < -0.4 is 10.6 Å². The van der Waals surface area contributed by atoms with Crippen molar-refractivity contribution in [1.82, 2.24) is 30.5 Å². The number of aliphatic hydroxyl groups excluding tert-OH is 1. The maximum atomic E-state index is 12.8. The van der Waals surface area contributed by atoms with Gasteiger partial charge >= 0.3 is 17.9 Å². The van der Waals surface area contributed by atoms with E-state index in [2.05, 4.69) is 20.9 Å². The molecule has 1 fully saturated rings. The highest BCUT2D eigenvalue weighted by Crippen LogP contribution is 2.24. The standard InChI is InChI=1S/C28H46N6O10/c1-16(2)11-29-24(36)20(25(37)30-12-17(3)4)7-10-34-13-18(31-32-34)15-44-23(14-33-9-8-21(33)27(40)41)19(26(38)39)5-6-22(35)28(42)43/h13,16-17,19-23,35H,5-12,14-15H2,1-4H3,(H,29,36)(H,30,37)(H,38,39)(H,40,41)(H,42,43)/t19-,21-,22-,23-/m0/s1. The van der Waals surface area contributed by atoms with Crippen molar-refractivity contribution in [3.05, 3.63) is 11.9 Å². The number of likely N-dealkylation sites (tertiary alicyclic amines) is 1. The van der Waals surface area contributed by atoms with E-state index in [1.54, 1.807) is 11.1 Å². The molecule has 0 radical (unpaired) electrons. The van der Waals surface area contributed by atoms with Crippen LogP contribution in [0.2, 0.25) is 0 Å². The maximum Gasteiger partial charge on any atom is 0.332 e. The van der Waals surface area contributed by atoms with Gasteiger partial charge in [0, 0.05) is 32.7 Å². The number of hydrogen-bond donors (Lipinski definition) is 6. The smallest absolute Gasteiger partial charge is 0.332 e. The van der Waals surface area contributed by atoms with Crippen LogP contribution >= 0.6 is 0 Å². The molecule has 1 aromatic rings. The van der Waals surface area contributed by atoms with Gasteiger partial charge in [0.15, 0.2) is 6.10 Å².